The zero-order valence-corrected chi connectivity index (χ0v) is 12.3. The molecule has 0 amide bonds. The Kier molecular flexibility index (Phi) is 6.81. The second-order valence-electron chi connectivity index (χ2n) is 3.71. The van der Waals surface area contributed by atoms with Gasteiger partial charge in [-0.15, -0.1) is 0 Å². The molecule has 1 aromatic rings. The summed E-state index contributed by atoms with van der Waals surface area (Å²) >= 11 is 5.97. The van der Waals surface area contributed by atoms with Gasteiger partial charge in [0.15, 0.2) is 11.6 Å². The lowest BCUT2D eigenvalue weighted by Crippen LogP contribution is -2.05. The van der Waals surface area contributed by atoms with Crippen molar-refractivity contribution in [3.05, 3.63) is 53.0 Å². The molecule has 0 atom stereocenters. The van der Waals surface area contributed by atoms with Gasteiger partial charge in [0, 0.05) is 23.2 Å². The molecule has 2 rings (SSSR count). The summed E-state index contributed by atoms with van der Waals surface area (Å²) in [5.74, 6) is 0.386. The van der Waals surface area contributed by atoms with E-state index in [1.807, 2.05) is 13.8 Å². The summed E-state index contributed by atoms with van der Waals surface area (Å²) in [6, 6.07) is 3.37. The van der Waals surface area contributed by atoms with Crippen molar-refractivity contribution in [2.75, 3.05) is 12.3 Å². The van der Waals surface area contributed by atoms with E-state index in [2.05, 4.69) is 4.98 Å². The van der Waals surface area contributed by atoms with E-state index in [0.29, 0.717) is 16.4 Å². The average molecular weight is 297 g/mol. The van der Waals surface area contributed by atoms with E-state index >= 15 is 0 Å². The molecule has 0 radical (unpaired) electrons. The molecular formula is C15H18ClFN2O. The van der Waals surface area contributed by atoms with Gasteiger partial charge >= 0.3 is 0 Å². The molecule has 1 heterocycles. The molecule has 0 fully saturated rings. The molecule has 0 aliphatic heterocycles. The highest BCUT2D eigenvalue weighted by Crippen LogP contribution is 2.27. The third kappa shape index (κ3) is 4.38. The maximum atomic E-state index is 13.7. The van der Waals surface area contributed by atoms with Gasteiger partial charge in [-0.3, -0.25) is 0 Å². The van der Waals surface area contributed by atoms with Crippen molar-refractivity contribution in [1.82, 2.24) is 4.98 Å². The molecule has 0 aromatic carbocycles. The fourth-order valence-electron chi connectivity index (χ4n) is 1.50. The fraction of sp³-hybridized carbons (Fsp3) is 0.267. The SMILES string of the molecule is CC.Nc1ncccc1OCC1=C(F)CC=CC=C1Cl. The van der Waals surface area contributed by atoms with Gasteiger partial charge in [0.25, 0.3) is 0 Å². The van der Waals surface area contributed by atoms with Crippen LogP contribution in [0.15, 0.2) is 53.0 Å². The zero-order valence-electron chi connectivity index (χ0n) is 11.6. The van der Waals surface area contributed by atoms with Crippen LogP contribution >= 0.6 is 11.6 Å². The minimum atomic E-state index is -0.299. The first kappa shape index (κ1) is 16.2. The van der Waals surface area contributed by atoms with Crippen molar-refractivity contribution >= 4 is 17.4 Å². The Morgan fingerprint density at radius 2 is 2.20 bits per heavy atom. The molecule has 1 aliphatic carbocycles. The molecule has 0 spiro atoms. The molecule has 0 bridgehead atoms. The maximum Gasteiger partial charge on any atom is 0.166 e. The third-order valence-electron chi connectivity index (χ3n) is 2.46. The Morgan fingerprint density at radius 1 is 1.45 bits per heavy atom. The Morgan fingerprint density at radius 3 is 2.90 bits per heavy atom. The van der Waals surface area contributed by atoms with Crippen molar-refractivity contribution in [1.29, 1.82) is 0 Å². The van der Waals surface area contributed by atoms with E-state index < -0.39 is 0 Å². The molecule has 20 heavy (non-hydrogen) atoms. The maximum absolute atomic E-state index is 13.7. The largest absolute Gasteiger partial charge is 0.485 e. The monoisotopic (exact) mass is 296 g/mol. The quantitative estimate of drug-likeness (QED) is 0.900. The van der Waals surface area contributed by atoms with E-state index in [-0.39, 0.29) is 24.7 Å². The van der Waals surface area contributed by atoms with Crippen LogP contribution in [0.4, 0.5) is 10.2 Å². The van der Waals surface area contributed by atoms with Crippen LogP contribution in [-0.2, 0) is 0 Å². The van der Waals surface area contributed by atoms with Gasteiger partial charge in [-0.1, -0.05) is 37.6 Å². The summed E-state index contributed by atoms with van der Waals surface area (Å²) in [5.41, 5.74) is 5.97. The Hall–Kier alpha value is -1.81. The van der Waals surface area contributed by atoms with Crippen molar-refractivity contribution in [2.24, 2.45) is 0 Å². The topological polar surface area (TPSA) is 48.1 Å². The van der Waals surface area contributed by atoms with Crippen LogP contribution in [0.3, 0.4) is 0 Å². The van der Waals surface area contributed by atoms with Gasteiger partial charge in [0.05, 0.1) is 0 Å². The van der Waals surface area contributed by atoms with E-state index in [9.17, 15) is 4.39 Å². The molecule has 108 valence electrons. The minimum Gasteiger partial charge on any atom is -0.485 e. The Labute approximate surface area is 123 Å². The highest BCUT2D eigenvalue weighted by atomic mass is 35.5. The lowest BCUT2D eigenvalue weighted by molar-refractivity contribution is 0.350. The van der Waals surface area contributed by atoms with Crippen LogP contribution in [0.5, 0.6) is 5.75 Å². The van der Waals surface area contributed by atoms with Crippen molar-refractivity contribution in [3.8, 4) is 5.75 Å². The summed E-state index contributed by atoms with van der Waals surface area (Å²) < 4.78 is 19.2. The van der Waals surface area contributed by atoms with Crippen molar-refractivity contribution in [3.63, 3.8) is 0 Å². The zero-order chi connectivity index (χ0) is 15.0. The Bertz CT molecular complexity index is 538. The second-order valence-corrected chi connectivity index (χ2v) is 4.11. The summed E-state index contributed by atoms with van der Waals surface area (Å²) in [7, 11) is 0. The van der Waals surface area contributed by atoms with Crippen LogP contribution < -0.4 is 10.5 Å². The smallest absolute Gasteiger partial charge is 0.166 e. The number of pyridine rings is 1. The number of allylic oxidation sites excluding steroid dienone is 4. The van der Waals surface area contributed by atoms with Crippen molar-refractivity contribution in [2.45, 2.75) is 20.3 Å². The standard InChI is InChI=1S/C13H12ClFN2O.C2H6/c14-10-4-1-2-5-11(15)9(10)8-18-12-6-3-7-17-13(12)16;1-2/h1-4,6-7H,5,8H2,(H2,16,17);1-2H3. The summed E-state index contributed by atoms with van der Waals surface area (Å²) in [5, 5.41) is 0.337. The van der Waals surface area contributed by atoms with Crippen molar-refractivity contribution < 1.29 is 9.13 Å². The van der Waals surface area contributed by atoms with Gasteiger partial charge in [0.2, 0.25) is 0 Å². The lowest BCUT2D eigenvalue weighted by atomic mass is 10.2. The Balaban J connectivity index is 0.000000956. The van der Waals surface area contributed by atoms with Crippen LogP contribution in [-0.4, -0.2) is 11.6 Å². The van der Waals surface area contributed by atoms with Crippen LogP contribution in [0.25, 0.3) is 0 Å². The van der Waals surface area contributed by atoms with E-state index in [4.69, 9.17) is 22.1 Å². The number of ether oxygens (including phenoxy) is 1. The predicted molar refractivity (Wildman–Crippen MR) is 81.3 cm³/mol. The van der Waals surface area contributed by atoms with Gasteiger partial charge in [-0.25, -0.2) is 9.37 Å². The molecule has 2 N–H and O–H groups in total. The van der Waals surface area contributed by atoms with Gasteiger partial charge in [-0.05, 0) is 18.2 Å². The van der Waals surface area contributed by atoms with Crippen LogP contribution in [0.2, 0.25) is 0 Å². The van der Waals surface area contributed by atoms with Gasteiger partial charge < -0.3 is 10.5 Å². The third-order valence-corrected chi connectivity index (χ3v) is 2.82. The number of nitrogens with zero attached hydrogens (tertiary/aromatic N) is 1. The first-order valence-electron chi connectivity index (χ1n) is 6.42. The molecule has 1 aromatic heterocycles. The average Bonchev–Trinajstić information content (AvgIpc) is 2.62. The number of nitrogen functional groups attached to an aromatic ring is 1. The highest BCUT2D eigenvalue weighted by Gasteiger charge is 2.13. The number of hydrogen-bond donors (Lipinski definition) is 1. The summed E-state index contributed by atoms with van der Waals surface area (Å²) in [4.78, 5) is 3.88. The minimum absolute atomic E-state index is 0.0265. The van der Waals surface area contributed by atoms with E-state index in [0.717, 1.165) is 0 Å². The number of nitrogens with two attached hydrogens (primary N) is 1. The van der Waals surface area contributed by atoms with Gasteiger partial charge in [-0.2, -0.15) is 0 Å². The molecule has 0 unspecified atom stereocenters. The molecule has 0 saturated heterocycles. The first-order chi connectivity index (χ1) is 9.68. The normalized spacial score (nSPS) is 14.1. The number of halogens is 2. The number of hydrogen-bond acceptors (Lipinski definition) is 3. The highest BCUT2D eigenvalue weighted by molar-refractivity contribution is 6.32. The fourth-order valence-corrected chi connectivity index (χ4v) is 1.73. The summed E-state index contributed by atoms with van der Waals surface area (Å²) in [6.45, 7) is 4.03. The first-order valence-corrected chi connectivity index (χ1v) is 6.80. The lowest BCUT2D eigenvalue weighted by Gasteiger charge is -2.10. The number of aromatic nitrogens is 1. The van der Waals surface area contributed by atoms with Gasteiger partial charge in [0.1, 0.15) is 12.4 Å². The van der Waals surface area contributed by atoms with Crippen LogP contribution in [0, 0.1) is 0 Å². The molecule has 5 heteroatoms. The number of anilines is 1. The molecule has 3 nitrogen and oxygen atoms in total. The molecule has 1 aliphatic rings. The second kappa shape index (κ2) is 8.38. The van der Waals surface area contributed by atoms with E-state index in [1.54, 1.807) is 36.6 Å². The van der Waals surface area contributed by atoms with Crippen LogP contribution in [0.1, 0.15) is 20.3 Å². The predicted octanol–water partition coefficient (Wildman–Crippen LogP) is 4.38. The molecular weight excluding hydrogens is 279 g/mol. The summed E-state index contributed by atoms with van der Waals surface area (Å²) in [6.07, 6.45) is 6.83. The number of rotatable bonds is 3. The van der Waals surface area contributed by atoms with E-state index in [1.165, 1.54) is 0 Å². The molecule has 0 saturated carbocycles.